The maximum absolute atomic E-state index is 11.9. The largest absolute Gasteiger partial charge is 0.459 e. The van der Waals surface area contributed by atoms with Gasteiger partial charge in [-0.15, -0.1) is 0 Å². The fraction of sp³-hybridized carbons (Fsp3) is 0.929. The van der Waals surface area contributed by atoms with Crippen LogP contribution in [0, 0.1) is 17.8 Å². The number of esters is 1. The highest BCUT2D eigenvalue weighted by Gasteiger charge is 2.43. The summed E-state index contributed by atoms with van der Waals surface area (Å²) in [6.45, 7) is 10.5. The lowest BCUT2D eigenvalue weighted by atomic mass is 9.71. The molecule has 0 radical (unpaired) electrons. The Morgan fingerprint density at radius 3 is 2.31 bits per heavy atom. The summed E-state index contributed by atoms with van der Waals surface area (Å²) in [7, 11) is 0. The first kappa shape index (κ1) is 13.5. The Balaban J connectivity index is 2.71. The first-order valence-corrected chi connectivity index (χ1v) is 6.64. The molecule has 16 heavy (non-hydrogen) atoms. The highest BCUT2D eigenvalue weighted by molar-refractivity contribution is 5.72. The van der Waals surface area contributed by atoms with Crippen molar-refractivity contribution in [1.29, 1.82) is 0 Å². The predicted octanol–water partition coefficient (Wildman–Crippen LogP) is 3.79. The summed E-state index contributed by atoms with van der Waals surface area (Å²) < 4.78 is 5.82. The molecule has 1 saturated carbocycles. The molecule has 0 N–H and O–H groups in total. The number of hydrogen-bond donors (Lipinski definition) is 0. The van der Waals surface area contributed by atoms with Crippen molar-refractivity contribution in [2.75, 3.05) is 0 Å². The van der Waals surface area contributed by atoms with Crippen molar-refractivity contribution in [1.82, 2.24) is 0 Å². The zero-order valence-electron chi connectivity index (χ0n) is 11.4. The van der Waals surface area contributed by atoms with Gasteiger partial charge in [-0.25, -0.2) is 0 Å². The third kappa shape index (κ3) is 2.58. The van der Waals surface area contributed by atoms with E-state index in [2.05, 4.69) is 20.8 Å². The van der Waals surface area contributed by atoms with Gasteiger partial charge in [0.2, 0.25) is 0 Å². The van der Waals surface area contributed by atoms with Gasteiger partial charge in [-0.2, -0.15) is 0 Å². The molecule has 0 heterocycles. The maximum atomic E-state index is 11.9. The van der Waals surface area contributed by atoms with Crippen LogP contribution in [-0.4, -0.2) is 11.6 Å². The second-order valence-electron chi connectivity index (χ2n) is 5.65. The predicted molar refractivity (Wildman–Crippen MR) is 66.1 cm³/mol. The molecule has 0 saturated heterocycles. The van der Waals surface area contributed by atoms with Crippen LogP contribution in [0.5, 0.6) is 0 Å². The maximum Gasteiger partial charge on any atom is 0.309 e. The minimum atomic E-state index is -0.251. The van der Waals surface area contributed by atoms with Crippen LogP contribution in [0.25, 0.3) is 0 Å². The van der Waals surface area contributed by atoms with Gasteiger partial charge >= 0.3 is 5.97 Å². The van der Waals surface area contributed by atoms with Gasteiger partial charge in [0.15, 0.2) is 0 Å². The van der Waals surface area contributed by atoms with Crippen LogP contribution in [0.2, 0.25) is 0 Å². The summed E-state index contributed by atoms with van der Waals surface area (Å²) >= 11 is 0. The van der Waals surface area contributed by atoms with Gasteiger partial charge in [0.25, 0.3) is 0 Å². The summed E-state index contributed by atoms with van der Waals surface area (Å²) in [6.07, 6.45) is 4.47. The van der Waals surface area contributed by atoms with Crippen LogP contribution in [0.1, 0.15) is 60.3 Å². The van der Waals surface area contributed by atoms with Crippen molar-refractivity contribution in [2.45, 2.75) is 65.9 Å². The number of hydrogen-bond acceptors (Lipinski definition) is 2. The Morgan fingerprint density at radius 2 is 1.88 bits per heavy atom. The van der Waals surface area contributed by atoms with E-state index in [1.54, 1.807) is 0 Å². The van der Waals surface area contributed by atoms with Crippen LogP contribution < -0.4 is 0 Å². The average molecular weight is 226 g/mol. The Kier molecular flexibility index (Phi) is 4.40. The summed E-state index contributed by atoms with van der Waals surface area (Å²) in [4.78, 5) is 11.9. The molecule has 1 aliphatic rings. The molecule has 0 aromatic carbocycles. The summed E-state index contributed by atoms with van der Waals surface area (Å²) in [6, 6.07) is 0. The molecular weight excluding hydrogens is 200 g/mol. The molecule has 0 aliphatic heterocycles. The zero-order chi connectivity index (χ0) is 12.3. The Labute approximate surface area is 99.8 Å². The highest BCUT2D eigenvalue weighted by atomic mass is 16.6. The summed E-state index contributed by atoms with van der Waals surface area (Å²) in [5, 5.41) is 0. The standard InChI is InChI=1S/C14H26O2/c1-6-10(2)13(15)16-14(5)11(3)8-7-9-12(14)4/h10-12H,6-9H2,1-5H3. The Hall–Kier alpha value is -0.530. The molecule has 0 amide bonds. The third-order valence-corrected chi connectivity index (χ3v) is 4.57. The van der Waals surface area contributed by atoms with E-state index < -0.39 is 0 Å². The van der Waals surface area contributed by atoms with E-state index in [4.69, 9.17) is 4.74 Å². The number of rotatable bonds is 3. The van der Waals surface area contributed by atoms with E-state index in [0.29, 0.717) is 11.8 Å². The fourth-order valence-corrected chi connectivity index (χ4v) is 2.47. The third-order valence-electron chi connectivity index (χ3n) is 4.57. The Morgan fingerprint density at radius 1 is 1.38 bits per heavy atom. The van der Waals surface area contributed by atoms with Crippen molar-refractivity contribution in [3.05, 3.63) is 0 Å². The van der Waals surface area contributed by atoms with Crippen LogP contribution in [0.3, 0.4) is 0 Å². The van der Waals surface area contributed by atoms with Gasteiger partial charge in [-0.1, -0.05) is 34.1 Å². The van der Waals surface area contributed by atoms with E-state index >= 15 is 0 Å². The summed E-state index contributed by atoms with van der Waals surface area (Å²) in [5.74, 6) is 0.956. The molecule has 0 spiro atoms. The van der Waals surface area contributed by atoms with E-state index in [1.165, 1.54) is 19.3 Å². The highest BCUT2D eigenvalue weighted by Crippen LogP contribution is 2.41. The van der Waals surface area contributed by atoms with Crippen LogP contribution >= 0.6 is 0 Å². The lowest BCUT2D eigenvalue weighted by Crippen LogP contribution is -2.47. The first-order chi connectivity index (χ1) is 7.41. The monoisotopic (exact) mass is 226 g/mol. The fourth-order valence-electron chi connectivity index (χ4n) is 2.47. The lowest BCUT2D eigenvalue weighted by Gasteiger charge is -2.44. The SMILES string of the molecule is CCC(C)C(=O)OC1(C)C(C)CCCC1C. The molecule has 0 aromatic rings. The van der Waals surface area contributed by atoms with Crippen molar-refractivity contribution < 1.29 is 9.53 Å². The van der Waals surface area contributed by atoms with Gasteiger partial charge in [-0.3, -0.25) is 4.79 Å². The Bertz CT molecular complexity index is 237. The molecule has 2 nitrogen and oxygen atoms in total. The molecule has 0 aromatic heterocycles. The molecule has 3 atom stereocenters. The molecule has 1 rings (SSSR count). The van der Waals surface area contributed by atoms with Crippen LogP contribution in [0.15, 0.2) is 0 Å². The summed E-state index contributed by atoms with van der Waals surface area (Å²) in [5.41, 5.74) is -0.251. The number of ether oxygens (including phenoxy) is 1. The first-order valence-electron chi connectivity index (χ1n) is 6.64. The molecule has 0 bridgehead atoms. The van der Waals surface area contributed by atoms with Gasteiger partial charge in [-0.05, 0) is 38.0 Å². The zero-order valence-corrected chi connectivity index (χ0v) is 11.4. The molecule has 3 unspecified atom stereocenters. The number of carbonyl (C=O) groups excluding carboxylic acids is 1. The van der Waals surface area contributed by atoms with Gasteiger partial charge < -0.3 is 4.74 Å². The van der Waals surface area contributed by atoms with Gasteiger partial charge in [0, 0.05) is 0 Å². The molecule has 1 fully saturated rings. The van der Waals surface area contributed by atoms with E-state index in [1.807, 2.05) is 13.8 Å². The van der Waals surface area contributed by atoms with Crippen LogP contribution in [0.4, 0.5) is 0 Å². The van der Waals surface area contributed by atoms with Crippen molar-refractivity contribution in [3.8, 4) is 0 Å². The van der Waals surface area contributed by atoms with Crippen LogP contribution in [-0.2, 0) is 9.53 Å². The van der Waals surface area contributed by atoms with E-state index in [0.717, 1.165) is 6.42 Å². The topological polar surface area (TPSA) is 26.3 Å². The second kappa shape index (κ2) is 5.20. The minimum absolute atomic E-state index is 0.0226. The number of carbonyl (C=O) groups is 1. The minimum Gasteiger partial charge on any atom is -0.459 e. The molecule has 94 valence electrons. The average Bonchev–Trinajstić information content (AvgIpc) is 2.25. The van der Waals surface area contributed by atoms with Crippen molar-refractivity contribution in [2.24, 2.45) is 17.8 Å². The van der Waals surface area contributed by atoms with Gasteiger partial charge in [0.05, 0.1) is 5.92 Å². The molecular formula is C14H26O2. The molecule has 2 heteroatoms. The molecule has 1 aliphatic carbocycles. The normalized spacial score (nSPS) is 36.8. The second-order valence-corrected chi connectivity index (χ2v) is 5.65. The van der Waals surface area contributed by atoms with Gasteiger partial charge in [0.1, 0.15) is 5.60 Å². The van der Waals surface area contributed by atoms with Crippen molar-refractivity contribution >= 4 is 5.97 Å². The van der Waals surface area contributed by atoms with E-state index in [9.17, 15) is 4.79 Å². The quantitative estimate of drug-likeness (QED) is 0.684. The van der Waals surface area contributed by atoms with Crippen molar-refractivity contribution in [3.63, 3.8) is 0 Å². The smallest absolute Gasteiger partial charge is 0.309 e. The lowest BCUT2D eigenvalue weighted by molar-refractivity contribution is -0.179. The van der Waals surface area contributed by atoms with E-state index in [-0.39, 0.29) is 17.5 Å².